The molecule has 0 saturated heterocycles. The Hall–Kier alpha value is -4.23. The second kappa shape index (κ2) is 8.46. The summed E-state index contributed by atoms with van der Waals surface area (Å²) >= 11 is 0. The van der Waals surface area contributed by atoms with Gasteiger partial charge in [-0.25, -0.2) is 0 Å². The number of rotatable bonds is 5. The second-order valence-electron chi connectivity index (χ2n) is 8.79. The van der Waals surface area contributed by atoms with Gasteiger partial charge in [-0.15, -0.1) is 0 Å². The number of methoxy groups -OCH3 is 1. The Morgan fingerprint density at radius 3 is 2.22 bits per heavy atom. The minimum atomic E-state index is -4.30. The molecule has 0 spiro atoms. The van der Waals surface area contributed by atoms with Crippen molar-refractivity contribution in [1.29, 1.82) is 0 Å². The van der Waals surface area contributed by atoms with Gasteiger partial charge in [0.05, 0.1) is 19.3 Å². The largest absolute Gasteiger partial charge is 0.737 e. The number of allylic oxidation sites excluding steroid dienone is 2. The number of aliphatic hydroxyl groups is 1. The van der Waals surface area contributed by atoms with Crippen molar-refractivity contribution in [1.82, 2.24) is 4.48 Å². The van der Waals surface area contributed by atoms with Gasteiger partial charge in [-0.1, -0.05) is 60.7 Å². The van der Waals surface area contributed by atoms with Crippen LogP contribution in [0.3, 0.4) is 0 Å². The number of nitrogens with zero attached hydrogens (tertiary/aromatic N) is 2. The van der Waals surface area contributed by atoms with Crippen LogP contribution in [-0.2, 0) is 6.61 Å². The number of hydrogen-bond donors (Lipinski definition) is 1. The summed E-state index contributed by atoms with van der Waals surface area (Å²) in [6.07, 6.45) is 3.47. The predicted octanol–water partition coefficient (Wildman–Crippen LogP) is 5.72. The molecule has 36 heavy (non-hydrogen) atoms. The Morgan fingerprint density at radius 2 is 1.47 bits per heavy atom. The van der Waals surface area contributed by atoms with Crippen LogP contribution in [0.15, 0.2) is 109 Å². The Morgan fingerprint density at radius 1 is 0.806 bits per heavy atom. The molecular weight excluding hydrogens is 457 g/mol. The number of para-hydroxylation sites is 1. The van der Waals surface area contributed by atoms with Crippen LogP contribution in [0.25, 0.3) is 16.8 Å². The average Bonchev–Trinajstić information content (AvgIpc) is 3.56. The SMILES string of the molecule is COc1ccccc1-c1ccc2n1[B-](F)(F)[N+]1=C(c3ccccc3CO)C=CC1=C2c1ccccc1. The lowest BCUT2D eigenvalue weighted by Gasteiger charge is -2.34. The molecule has 0 aliphatic carbocycles. The third-order valence-electron chi connectivity index (χ3n) is 6.88. The van der Waals surface area contributed by atoms with E-state index in [0.29, 0.717) is 45.2 Å². The topological polar surface area (TPSA) is 37.4 Å². The first-order valence-electron chi connectivity index (χ1n) is 11.8. The fourth-order valence-corrected chi connectivity index (χ4v) is 5.32. The highest BCUT2D eigenvalue weighted by Crippen LogP contribution is 2.44. The van der Waals surface area contributed by atoms with E-state index in [1.54, 1.807) is 60.7 Å². The molecule has 1 N–H and O–H groups in total. The van der Waals surface area contributed by atoms with Crippen molar-refractivity contribution in [3.8, 4) is 17.0 Å². The van der Waals surface area contributed by atoms with Crippen molar-refractivity contribution in [3.63, 3.8) is 0 Å². The minimum Gasteiger partial charge on any atom is -0.496 e. The highest BCUT2D eigenvalue weighted by Gasteiger charge is 2.55. The summed E-state index contributed by atoms with van der Waals surface area (Å²) in [5.74, 6) is 0.524. The zero-order chi connectivity index (χ0) is 24.9. The molecule has 0 fully saturated rings. The third-order valence-corrected chi connectivity index (χ3v) is 6.88. The molecule has 0 saturated carbocycles. The van der Waals surface area contributed by atoms with Crippen LogP contribution in [-0.4, -0.2) is 33.9 Å². The fraction of sp³-hybridized carbons (Fsp3) is 0.0690. The molecular formula is C29H23BF2N2O2. The summed E-state index contributed by atoms with van der Waals surface area (Å²) < 4.78 is 41.4. The number of benzene rings is 3. The fourth-order valence-electron chi connectivity index (χ4n) is 5.32. The van der Waals surface area contributed by atoms with E-state index < -0.39 is 6.97 Å². The lowest BCUT2D eigenvalue weighted by atomic mass is 9.85. The molecule has 4 nitrogen and oxygen atoms in total. The molecule has 2 aliphatic heterocycles. The van der Waals surface area contributed by atoms with Crippen LogP contribution < -0.4 is 4.74 Å². The van der Waals surface area contributed by atoms with Gasteiger partial charge in [0.25, 0.3) is 0 Å². The smallest absolute Gasteiger partial charge is 0.496 e. The molecule has 7 heteroatoms. The van der Waals surface area contributed by atoms with E-state index in [4.69, 9.17) is 4.74 Å². The van der Waals surface area contributed by atoms with Crippen molar-refractivity contribution in [2.45, 2.75) is 6.61 Å². The van der Waals surface area contributed by atoms with Crippen molar-refractivity contribution >= 4 is 18.3 Å². The summed E-state index contributed by atoms with van der Waals surface area (Å²) in [6, 6.07) is 27.4. The van der Waals surface area contributed by atoms with E-state index in [-0.39, 0.29) is 6.61 Å². The normalized spacial score (nSPS) is 15.8. The van der Waals surface area contributed by atoms with E-state index in [1.165, 1.54) is 7.11 Å². The van der Waals surface area contributed by atoms with Crippen molar-refractivity contribution in [2.75, 3.05) is 7.11 Å². The molecule has 3 heterocycles. The number of ether oxygens (including phenoxy) is 1. The highest BCUT2D eigenvalue weighted by molar-refractivity contribution is 6.59. The first kappa shape index (κ1) is 22.3. The summed E-state index contributed by atoms with van der Waals surface area (Å²) in [5, 5.41) is 9.94. The van der Waals surface area contributed by atoms with E-state index in [1.807, 2.05) is 42.5 Å². The molecule has 178 valence electrons. The lowest BCUT2D eigenvalue weighted by Crippen LogP contribution is -2.51. The van der Waals surface area contributed by atoms with Crippen LogP contribution in [0.2, 0.25) is 0 Å². The van der Waals surface area contributed by atoms with Gasteiger partial charge < -0.3 is 27.4 Å². The van der Waals surface area contributed by atoms with Crippen LogP contribution in [0.4, 0.5) is 8.63 Å². The maximum absolute atomic E-state index is 16.8. The van der Waals surface area contributed by atoms with Crippen LogP contribution in [0.1, 0.15) is 22.4 Å². The van der Waals surface area contributed by atoms with E-state index in [0.717, 1.165) is 20.1 Å². The molecule has 0 bridgehead atoms. The Bertz CT molecular complexity index is 1590. The third kappa shape index (κ3) is 3.20. The van der Waals surface area contributed by atoms with Gasteiger partial charge in [-0.05, 0) is 41.5 Å². The van der Waals surface area contributed by atoms with Crippen molar-refractivity contribution < 1.29 is 23.0 Å². The first-order chi connectivity index (χ1) is 17.6. The number of hydrogen-bond acceptors (Lipinski definition) is 2. The van der Waals surface area contributed by atoms with Crippen LogP contribution in [0, 0.1) is 0 Å². The summed E-state index contributed by atoms with van der Waals surface area (Å²) in [7, 11) is 1.54. The van der Waals surface area contributed by atoms with Gasteiger partial charge in [0, 0.05) is 34.7 Å². The monoisotopic (exact) mass is 480 g/mol. The molecule has 0 atom stereocenters. The summed E-state index contributed by atoms with van der Waals surface area (Å²) in [6.45, 7) is -4.55. The maximum Gasteiger partial charge on any atom is 0.737 e. The Balaban J connectivity index is 1.71. The lowest BCUT2D eigenvalue weighted by molar-refractivity contribution is -0.360. The molecule has 0 amide bonds. The van der Waals surface area contributed by atoms with Crippen molar-refractivity contribution in [2.24, 2.45) is 0 Å². The molecule has 4 aromatic rings. The predicted molar refractivity (Wildman–Crippen MR) is 138 cm³/mol. The molecule has 0 unspecified atom stereocenters. The molecule has 0 radical (unpaired) electrons. The number of fused-ring (bicyclic) bond motifs is 2. The van der Waals surface area contributed by atoms with E-state index >= 15 is 8.63 Å². The van der Waals surface area contributed by atoms with Gasteiger partial charge in [0.1, 0.15) is 5.75 Å². The molecule has 3 aromatic carbocycles. The molecule has 1 aromatic heterocycles. The first-order valence-corrected chi connectivity index (χ1v) is 11.8. The number of aliphatic hydroxyl groups excluding tert-OH is 1. The minimum absolute atomic E-state index is 0.244. The number of aromatic nitrogens is 1. The standard InChI is InChI=1S/C29H23BF2N2O2/c1-36-28-14-8-7-13-23(28)25-16-18-27-29(20-9-3-2-4-10-20)26-17-15-24(33(26)30(31,32)34(25)27)22-12-6-5-11-21(22)19-35/h2-18,35H,19H2,1H3. The van der Waals surface area contributed by atoms with E-state index in [2.05, 4.69) is 0 Å². The van der Waals surface area contributed by atoms with Gasteiger partial charge >= 0.3 is 6.97 Å². The summed E-state index contributed by atoms with van der Waals surface area (Å²) in [4.78, 5) is 0. The highest BCUT2D eigenvalue weighted by atomic mass is 19.2. The Labute approximate surface area is 207 Å². The average molecular weight is 480 g/mol. The second-order valence-corrected chi connectivity index (χ2v) is 8.79. The maximum atomic E-state index is 16.8. The number of halogens is 2. The summed E-state index contributed by atoms with van der Waals surface area (Å²) in [5.41, 5.74) is 4.94. The van der Waals surface area contributed by atoms with Crippen molar-refractivity contribution in [3.05, 3.63) is 131 Å². The molecule has 6 rings (SSSR count). The van der Waals surface area contributed by atoms with Gasteiger partial charge in [0.15, 0.2) is 11.4 Å². The quantitative estimate of drug-likeness (QED) is 0.371. The van der Waals surface area contributed by atoms with Gasteiger partial charge in [-0.2, -0.15) is 0 Å². The van der Waals surface area contributed by atoms with E-state index in [9.17, 15) is 5.11 Å². The zero-order valence-electron chi connectivity index (χ0n) is 19.6. The Kier molecular flexibility index (Phi) is 5.23. The van der Waals surface area contributed by atoms with Crippen LogP contribution in [0.5, 0.6) is 5.75 Å². The van der Waals surface area contributed by atoms with Crippen LogP contribution >= 0.6 is 0 Å². The zero-order valence-corrected chi connectivity index (χ0v) is 19.6. The van der Waals surface area contributed by atoms with Gasteiger partial charge in [-0.3, -0.25) is 0 Å². The van der Waals surface area contributed by atoms with Gasteiger partial charge in [0.2, 0.25) is 0 Å². The molecule has 2 aliphatic rings.